The Morgan fingerprint density at radius 2 is 1.88 bits per heavy atom. The average molecular weight is 568 g/mol. The number of aromatic nitrogens is 5. The van der Waals surface area contributed by atoms with Gasteiger partial charge in [0.2, 0.25) is 0 Å². The van der Waals surface area contributed by atoms with Crippen LogP contribution in [0.3, 0.4) is 0 Å². The van der Waals surface area contributed by atoms with Crippen LogP contribution in [-0.4, -0.2) is 50.3 Å². The van der Waals surface area contributed by atoms with Crippen molar-refractivity contribution in [3.63, 3.8) is 0 Å². The van der Waals surface area contributed by atoms with Crippen molar-refractivity contribution in [3.8, 4) is 22.7 Å². The van der Waals surface area contributed by atoms with E-state index in [0.717, 1.165) is 6.07 Å². The summed E-state index contributed by atoms with van der Waals surface area (Å²) in [6, 6.07) is 5.19. The molecular formula is C28H31ClFN7O3. The minimum absolute atomic E-state index is 0.0358. The molecule has 0 radical (unpaired) electrons. The molecule has 40 heavy (non-hydrogen) atoms. The van der Waals surface area contributed by atoms with Crippen molar-refractivity contribution < 1.29 is 14.2 Å². The number of nitrogens with one attached hydrogen (secondary N) is 1. The fourth-order valence-electron chi connectivity index (χ4n) is 5.26. The second-order valence-corrected chi connectivity index (χ2v) is 11.0. The van der Waals surface area contributed by atoms with Crippen molar-refractivity contribution in [2.24, 2.45) is 0 Å². The smallest absolute Gasteiger partial charge is 0.442 e. The molecule has 0 unspecified atom stereocenters. The number of phenolic OH excluding ortho intramolecular Hbond substituents is 1. The van der Waals surface area contributed by atoms with Gasteiger partial charge in [-0.15, -0.1) is 4.57 Å². The standard InChI is InChI=1S/C28H31ClFN7O3/c1-14(2)22-25(23(15(3)4)33-13-32-22)36-27-17(26(34-28(36)39)35-10-9-31-12-16(35)5)11-18(29)24(37(27)40)21-19(30)7-6-8-20(21)38/h6-8,11,13-16,31,38H,9-10,12H2,1-5H3/t16-/m0/s1. The van der Waals surface area contributed by atoms with Crippen LogP contribution in [0, 0.1) is 11.0 Å². The molecule has 10 nitrogen and oxygen atoms in total. The molecule has 1 aliphatic rings. The Bertz CT molecular complexity index is 1630. The molecule has 3 aromatic heterocycles. The maximum absolute atomic E-state index is 15.1. The van der Waals surface area contributed by atoms with Gasteiger partial charge < -0.3 is 20.5 Å². The predicted octanol–water partition coefficient (Wildman–Crippen LogP) is 4.02. The zero-order valence-corrected chi connectivity index (χ0v) is 23.7. The van der Waals surface area contributed by atoms with Gasteiger partial charge >= 0.3 is 11.3 Å². The van der Waals surface area contributed by atoms with Gasteiger partial charge in [-0.25, -0.2) is 23.9 Å². The molecule has 4 heterocycles. The van der Waals surface area contributed by atoms with Crippen molar-refractivity contribution in [2.45, 2.75) is 52.5 Å². The molecular weight excluding hydrogens is 537 g/mol. The molecule has 0 aliphatic carbocycles. The highest BCUT2D eigenvalue weighted by Crippen LogP contribution is 2.38. The van der Waals surface area contributed by atoms with Crippen molar-refractivity contribution in [2.75, 3.05) is 24.5 Å². The SMILES string of the molecule is CC(C)c1ncnc(C(C)C)c1-n1c(=O)nc(N2CCNC[C@@H]2C)c2cc(Cl)c(-c3c(O)cccc3F)[n+]([O-])c21. The van der Waals surface area contributed by atoms with Crippen LogP contribution >= 0.6 is 11.6 Å². The van der Waals surface area contributed by atoms with Crippen LogP contribution in [-0.2, 0) is 0 Å². The summed E-state index contributed by atoms with van der Waals surface area (Å²) in [5.41, 5.74) is -0.0449. The molecule has 0 amide bonds. The minimum atomic E-state index is -0.835. The third-order valence-corrected chi connectivity index (χ3v) is 7.47. The number of halogens is 2. The van der Waals surface area contributed by atoms with Gasteiger partial charge in [0.05, 0.1) is 16.4 Å². The quantitative estimate of drug-likeness (QED) is 0.274. The molecule has 1 aliphatic heterocycles. The van der Waals surface area contributed by atoms with Crippen molar-refractivity contribution in [3.05, 3.63) is 68.5 Å². The fourth-order valence-corrected chi connectivity index (χ4v) is 5.54. The normalized spacial score (nSPS) is 15.9. The maximum Gasteiger partial charge on any atom is 0.442 e. The van der Waals surface area contributed by atoms with Gasteiger partial charge in [-0.1, -0.05) is 45.4 Å². The zero-order valence-electron chi connectivity index (χ0n) is 22.9. The van der Waals surface area contributed by atoms with Gasteiger partial charge in [0.15, 0.2) is 17.2 Å². The van der Waals surface area contributed by atoms with E-state index in [4.69, 9.17) is 11.6 Å². The highest BCUT2D eigenvalue weighted by atomic mass is 35.5. The number of phenols is 1. The lowest BCUT2D eigenvalue weighted by molar-refractivity contribution is -0.568. The number of piperazine rings is 1. The lowest BCUT2D eigenvalue weighted by Gasteiger charge is -2.35. The lowest BCUT2D eigenvalue weighted by Crippen LogP contribution is -2.51. The Kier molecular flexibility index (Phi) is 7.36. The predicted molar refractivity (Wildman–Crippen MR) is 152 cm³/mol. The molecule has 210 valence electrons. The summed E-state index contributed by atoms with van der Waals surface area (Å²) < 4.78 is 16.7. The zero-order chi connectivity index (χ0) is 28.9. The Hall–Kier alpha value is -3.83. The molecule has 0 bridgehead atoms. The first kappa shape index (κ1) is 27.7. The van der Waals surface area contributed by atoms with Gasteiger partial charge in [-0.05, 0) is 37.0 Å². The topological polar surface area (TPSA) is 123 Å². The Labute approximate surface area is 235 Å². The number of nitrogens with zero attached hydrogens (tertiary/aromatic N) is 6. The number of hydrogen-bond acceptors (Lipinski definition) is 8. The molecule has 1 aromatic carbocycles. The Morgan fingerprint density at radius 1 is 1.20 bits per heavy atom. The Balaban J connectivity index is 2.00. The number of fused-ring (bicyclic) bond motifs is 1. The van der Waals surface area contributed by atoms with Crippen LogP contribution in [0.1, 0.15) is 57.8 Å². The minimum Gasteiger partial charge on any atom is -0.710 e. The van der Waals surface area contributed by atoms with E-state index in [2.05, 4.69) is 20.3 Å². The van der Waals surface area contributed by atoms with Crippen LogP contribution in [0.4, 0.5) is 10.2 Å². The lowest BCUT2D eigenvalue weighted by atomic mass is 10.0. The number of benzene rings is 1. The molecule has 2 N–H and O–H groups in total. The summed E-state index contributed by atoms with van der Waals surface area (Å²) in [7, 11) is 0. The van der Waals surface area contributed by atoms with Crippen LogP contribution in [0.5, 0.6) is 5.75 Å². The van der Waals surface area contributed by atoms with E-state index < -0.39 is 17.3 Å². The number of hydrogen-bond donors (Lipinski definition) is 2. The second-order valence-electron chi connectivity index (χ2n) is 10.6. The maximum atomic E-state index is 15.1. The highest BCUT2D eigenvalue weighted by molar-refractivity contribution is 6.33. The molecule has 1 atom stereocenters. The summed E-state index contributed by atoms with van der Waals surface area (Å²) >= 11 is 6.67. The molecule has 0 spiro atoms. The van der Waals surface area contributed by atoms with E-state index in [0.29, 0.717) is 52.6 Å². The molecule has 1 saturated heterocycles. The number of anilines is 1. The number of rotatable bonds is 5. The van der Waals surface area contributed by atoms with Crippen molar-refractivity contribution in [1.29, 1.82) is 0 Å². The molecule has 5 rings (SSSR count). The van der Waals surface area contributed by atoms with E-state index in [1.165, 1.54) is 29.1 Å². The van der Waals surface area contributed by atoms with Crippen molar-refractivity contribution >= 4 is 28.5 Å². The fraction of sp³-hybridized carbons (Fsp3) is 0.393. The van der Waals surface area contributed by atoms with E-state index in [-0.39, 0.29) is 39.8 Å². The summed E-state index contributed by atoms with van der Waals surface area (Å²) in [6.45, 7) is 11.6. The highest BCUT2D eigenvalue weighted by Gasteiger charge is 2.34. The third-order valence-electron chi connectivity index (χ3n) is 7.18. The first-order valence-electron chi connectivity index (χ1n) is 13.2. The van der Waals surface area contributed by atoms with Gasteiger partial charge in [0.25, 0.3) is 0 Å². The summed E-state index contributed by atoms with van der Waals surface area (Å²) in [5, 5.41) is 28.5. The summed E-state index contributed by atoms with van der Waals surface area (Å²) in [5.74, 6) is -1.26. The van der Waals surface area contributed by atoms with E-state index in [1.54, 1.807) is 0 Å². The number of pyridine rings is 1. The van der Waals surface area contributed by atoms with Crippen LogP contribution in [0.2, 0.25) is 5.02 Å². The monoisotopic (exact) mass is 567 g/mol. The second kappa shape index (κ2) is 10.6. The summed E-state index contributed by atoms with van der Waals surface area (Å²) in [4.78, 5) is 29.4. The van der Waals surface area contributed by atoms with E-state index in [9.17, 15) is 15.1 Å². The number of aromatic hydroxyl groups is 1. The van der Waals surface area contributed by atoms with Crippen LogP contribution < -0.4 is 20.6 Å². The largest absolute Gasteiger partial charge is 0.710 e. The van der Waals surface area contributed by atoms with Gasteiger partial charge in [-0.3, -0.25) is 0 Å². The van der Waals surface area contributed by atoms with E-state index >= 15 is 4.39 Å². The van der Waals surface area contributed by atoms with Gasteiger partial charge in [0, 0.05) is 25.7 Å². The van der Waals surface area contributed by atoms with Crippen LogP contribution in [0.15, 0.2) is 35.4 Å². The first-order chi connectivity index (χ1) is 19.0. The molecule has 1 fully saturated rings. The summed E-state index contributed by atoms with van der Waals surface area (Å²) in [6.07, 6.45) is 1.44. The van der Waals surface area contributed by atoms with Gasteiger partial charge in [-0.2, -0.15) is 4.98 Å². The molecule has 12 heteroatoms. The average Bonchev–Trinajstić information content (AvgIpc) is 2.90. The Morgan fingerprint density at radius 3 is 2.48 bits per heavy atom. The van der Waals surface area contributed by atoms with E-state index in [1.807, 2.05) is 39.5 Å². The van der Waals surface area contributed by atoms with Crippen molar-refractivity contribution in [1.82, 2.24) is 24.8 Å². The molecule has 0 saturated carbocycles. The third kappa shape index (κ3) is 4.52. The van der Waals surface area contributed by atoms with Gasteiger partial charge in [0.1, 0.15) is 28.8 Å². The first-order valence-corrected chi connectivity index (χ1v) is 13.6. The van der Waals surface area contributed by atoms with Crippen LogP contribution in [0.25, 0.3) is 28.0 Å². The molecule has 4 aromatic rings.